The van der Waals surface area contributed by atoms with Gasteiger partial charge in [0.2, 0.25) is 0 Å². The predicted octanol–water partition coefficient (Wildman–Crippen LogP) is 2.82. The minimum Gasteiger partial charge on any atom is -0.384 e. The molecule has 3 aromatic rings. The van der Waals surface area contributed by atoms with Crippen molar-refractivity contribution in [2.75, 3.05) is 11.1 Å². The van der Waals surface area contributed by atoms with E-state index in [1.807, 2.05) is 48.7 Å². The van der Waals surface area contributed by atoms with Gasteiger partial charge in [-0.05, 0) is 35.9 Å². The van der Waals surface area contributed by atoms with Crippen LogP contribution >= 0.6 is 0 Å². The van der Waals surface area contributed by atoms with Gasteiger partial charge in [-0.2, -0.15) is 0 Å². The van der Waals surface area contributed by atoms with Crippen molar-refractivity contribution < 1.29 is 0 Å². The zero-order valence-electron chi connectivity index (χ0n) is 10.4. The lowest BCUT2D eigenvalue weighted by Crippen LogP contribution is -2.00. The average Bonchev–Trinajstić information content (AvgIpc) is 2.45. The van der Waals surface area contributed by atoms with Gasteiger partial charge in [0.15, 0.2) is 0 Å². The van der Waals surface area contributed by atoms with Crippen LogP contribution in [0.3, 0.4) is 0 Å². The molecule has 2 heterocycles. The molecule has 1 aromatic carbocycles. The molecule has 0 spiro atoms. The second-order valence-corrected chi connectivity index (χ2v) is 4.32. The van der Waals surface area contributed by atoms with Crippen LogP contribution in [0.1, 0.15) is 5.56 Å². The standard InChI is InChI=1S/C15H14N4/c16-15-7-6-12-13(4-1-5-14(12)19-15)18-10-11-3-2-8-17-9-11/h1-9,18H,10H2,(H2,16,19). The number of hydrogen-bond donors (Lipinski definition) is 2. The van der Waals surface area contributed by atoms with Gasteiger partial charge in [0.1, 0.15) is 5.82 Å². The molecular weight excluding hydrogens is 236 g/mol. The SMILES string of the molecule is Nc1ccc2c(NCc3cccnc3)cccc2n1. The molecule has 3 N–H and O–H groups in total. The van der Waals surface area contributed by atoms with Crippen molar-refractivity contribution in [2.24, 2.45) is 0 Å². The molecule has 0 aliphatic heterocycles. The van der Waals surface area contributed by atoms with Crippen LogP contribution in [-0.4, -0.2) is 9.97 Å². The van der Waals surface area contributed by atoms with Crippen LogP contribution in [0.5, 0.6) is 0 Å². The number of hydrogen-bond acceptors (Lipinski definition) is 4. The van der Waals surface area contributed by atoms with Crippen LogP contribution < -0.4 is 11.1 Å². The van der Waals surface area contributed by atoms with Gasteiger partial charge in [-0.25, -0.2) is 4.98 Å². The monoisotopic (exact) mass is 250 g/mol. The van der Waals surface area contributed by atoms with E-state index in [2.05, 4.69) is 15.3 Å². The van der Waals surface area contributed by atoms with Gasteiger partial charge < -0.3 is 11.1 Å². The molecule has 94 valence electrons. The number of nitrogen functional groups attached to an aromatic ring is 1. The van der Waals surface area contributed by atoms with E-state index in [9.17, 15) is 0 Å². The van der Waals surface area contributed by atoms with Crippen LogP contribution in [0.4, 0.5) is 11.5 Å². The highest BCUT2D eigenvalue weighted by molar-refractivity contribution is 5.92. The average molecular weight is 250 g/mol. The minimum absolute atomic E-state index is 0.539. The summed E-state index contributed by atoms with van der Waals surface area (Å²) in [4.78, 5) is 8.42. The molecule has 0 aliphatic rings. The summed E-state index contributed by atoms with van der Waals surface area (Å²) in [6.45, 7) is 0.733. The van der Waals surface area contributed by atoms with E-state index in [4.69, 9.17) is 5.73 Å². The zero-order valence-corrected chi connectivity index (χ0v) is 10.4. The molecule has 3 rings (SSSR count). The Hall–Kier alpha value is -2.62. The van der Waals surface area contributed by atoms with Gasteiger partial charge in [0.05, 0.1) is 5.52 Å². The van der Waals surface area contributed by atoms with Gasteiger partial charge >= 0.3 is 0 Å². The van der Waals surface area contributed by atoms with Gasteiger partial charge in [0, 0.05) is 30.0 Å². The van der Waals surface area contributed by atoms with Crippen molar-refractivity contribution in [1.29, 1.82) is 0 Å². The number of nitrogens with zero attached hydrogens (tertiary/aromatic N) is 2. The van der Waals surface area contributed by atoms with Crippen molar-refractivity contribution in [2.45, 2.75) is 6.54 Å². The number of anilines is 2. The topological polar surface area (TPSA) is 63.8 Å². The first-order valence-electron chi connectivity index (χ1n) is 6.11. The highest BCUT2D eigenvalue weighted by Gasteiger charge is 2.02. The van der Waals surface area contributed by atoms with Crippen LogP contribution in [0, 0.1) is 0 Å². The summed E-state index contributed by atoms with van der Waals surface area (Å²) in [6.07, 6.45) is 3.63. The summed E-state index contributed by atoms with van der Waals surface area (Å²) < 4.78 is 0. The number of aromatic nitrogens is 2. The Morgan fingerprint density at radius 2 is 2.00 bits per heavy atom. The molecule has 4 nitrogen and oxygen atoms in total. The minimum atomic E-state index is 0.539. The Labute approximate surface area is 111 Å². The second-order valence-electron chi connectivity index (χ2n) is 4.32. The summed E-state index contributed by atoms with van der Waals surface area (Å²) >= 11 is 0. The Balaban J connectivity index is 1.89. The fourth-order valence-electron chi connectivity index (χ4n) is 2.02. The maximum atomic E-state index is 5.70. The van der Waals surface area contributed by atoms with Crippen LogP contribution in [0.15, 0.2) is 54.9 Å². The first-order valence-corrected chi connectivity index (χ1v) is 6.11. The Kier molecular flexibility index (Phi) is 2.98. The molecule has 0 saturated carbocycles. The lowest BCUT2D eigenvalue weighted by atomic mass is 10.1. The number of nitrogens with one attached hydrogen (secondary N) is 1. The fourth-order valence-corrected chi connectivity index (χ4v) is 2.02. The van der Waals surface area contributed by atoms with Crippen LogP contribution in [-0.2, 0) is 6.54 Å². The second kappa shape index (κ2) is 4.94. The quantitative estimate of drug-likeness (QED) is 0.750. The number of pyridine rings is 2. The molecule has 0 amide bonds. The number of fused-ring (bicyclic) bond motifs is 1. The largest absolute Gasteiger partial charge is 0.384 e. The molecule has 0 atom stereocenters. The zero-order chi connectivity index (χ0) is 13.1. The third-order valence-corrected chi connectivity index (χ3v) is 2.96. The van der Waals surface area contributed by atoms with Gasteiger partial charge in [0.25, 0.3) is 0 Å². The maximum absolute atomic E-state index is 5.70. The van der Waals surface area contributed by atoms with Crippen molar-refractivity contribution in [1.82, 2.24) is 9.97 Å². The molecule has 0 fully saturated rings. The first-order chi connectivity index (χ1) is 9.33. The van der Waals surface area contributed by atoms with E-state index in [0.717, 1.165) is 28.7 Å². The number of rotatable bonds is 3. The fraction of sp³-hybridized carbons (Fsp3) is 0.0667. The highest BCUT2D eigenvalue weighted by atomic mass is 14.9. The molecule has 4 heteroatoms. The Morgan fingerprint density at radius 3 is 2.84 bits per heavy atom. The van der Waals surface area contributed by atoms with Gasteiger partial charge in [-0.1, -0.05) is 12.1 Å². The van der Waals surface area contributed by atoms with Crippen LogP contribution in [0.25, 0.3) is 10.9 Å². The summed E-state index contributed by atoms with van der Waals surface area (Å²) in [5, 5.41) is 4.47. The highest BCUT2D eigenvalue weighted by Crippen LogP contribution is 2.23. The van der Waals surface area contributed by atoms with E-state index in [-0.39, 0.29) is 0 Å². The molecule has 19 heavy (non-hydrogen) atoms. The van der Waals surface area contributed by atoms with Crippen molar-refractivity contribution >= 4 is 22.4 Å². The molecular formula is C15H14N4. The number of nitrogens with two attached hydrogens (primary N) is 1. The molecule has 0 aliphatic carbocycles. The number of benzene rings is 1. The summed E-state index contributed by atoms with van der Waals surface area (Å²) in [5.41, 5.74) is 8.79. The third-order valence-electron chi connectivity index (χ3n) is 2.96. The smallest absolute Gasteiger partial charge is 0.124 e. The lowest BCUT2D eigenvalue weighted by Gasteiger charge is -2.09. The van der Waals surface area contributed by atoms with Crippen molar-refractivity contribution in [3.8, 4) is 0 Å². The summed E-state index contributed by atoms with van der Waals surface area (Å²) in [7, 11) is 0. The molecule has 0 bridgehead atoms. The van der Waals surface area contributed by atoms with Crippen molar-refractivity contribution in [3.63, 3.8) is 0 Å². The maximum Gasteiger partial charge on any atom is 0.124 e. The van der Waals surface area contributed by atoms with Crippen LogP contribution in [0.2, 0.25) is 0 Å². The van der Waals surface area contributed by atoms with Crippen molar-refractivity contribution in [3.05, 3.63) is 60.4 Å². The Bertz CT molecular complexity index is 695. The van der Waals surface area contributed by atoms with E-state index in [1.165, 1.54) is 0 Å². The molecule has 0 saturated heterocycles. The molecule has 0 unspecified atom stereocenters. The van der Waals surface area contributed by atoms with E-state index in [0.29, 0.717) is 5.82 Å². The molecule has 0 radical (unpaired) electrons. The van der Waals surface area contributed by atoms with E-state index < -0.39 is 0 Å². The van der Waals surface area contributed by atoms with Gasteiger partial charge in [-0.3, -0.25) is 4.98 Å². The summed E-state index contributed by atoms with van der Waals surface area (Å²) in [5.74, 6) is 0.539. The summed E-state index contributed by atoms with van der Waals surface area (Å²) in [6, 6.07) is 13.8. The van der Waals surface area contributed by atoms with E-state index in [1.54, 1.807) is 6.20 Å². The molecule has 2 aromatic heterocycles. The lowest BCUT2D eigenvalue weighted by molar-refractivity contribution is 1.12. The third kappa shape index (κ3) is 2.47. The Morgan fingerprint density at radius 1 is 1.05 bits per heavy atom. The normalized spacial score (nSPS) is 10.5. The first kappa shape index (κ1) is 11.5. The van der Waals surface area contributed by atoms with E-state index >= 15 is 0 Å². The predicted molar refractivity (Wildman–Crippen MR) is 77.7 cm³/mol. The van der Waals surface area contributed by atoms with Gasteiger partial charge in [-0.15, -0.1) is 0 Å².